The second-order valence-corrected chi connectivity index (χ2v) is 2.37. The molecule has 0 aromatic carbocycles. The van der Waals surface area contributed by atoms with Crippen molar-refractivity contribution in [1.29, 1.82) is 0 Å². The fourth-order valence-electron chi connectivity index (χ4n) is 0.758. The van der Waals surface area contributed by atoms with Crippen LogP contribution < -0.4 is 0 Å². The summed E-state index contributed by atoms with van der Waals surface area (Å²) in [5.74, 6) is 3.97. The van der Waals surface area contributed by atoms with Gasteiger partial charge in [0, 0.05) is 6.08 Å². The number of alkyl halides is 3. The lowest BCUT2D eigenvalue weighted by Crippen LogP contribution is -2.30. The smallest absolute Gasteiger partial charge is 0.437 e. The lowest BCUT2D eigenvalue weighted by atomic mass is 10.2. The molecule has 2 nitrogen and oxygen atoms in total. The SMILES string of the molecule is O=C/C=C/C1=CC#CC(C(F)(F)F)O1. The highest BCUT2D eigenvalue weighted by atomic mass is 19.4. The normalized spacial score (nSPS) is 20.8. The Hall–Kier alpha value is -1.70. The van der Waals surface area contributed by atoms with Crippen molar-refractivity contribution in [3.63, 3.8) is 0 Å². The second-order valence-electron chi connectivity index (χ2n) is 2.37. The van der Waals surface area contributed by atoms with E-state index in [0.29, 0.717) is 6.29 Å². The molecular weight excluding hydrogens is 197 g/mol. The zero-order valence-electron chi connectivity index (χ0n) is 6.84. The predicted octanol–water partition coefficient (Wildman–Crippen LogP) is 1.59. The van der Waals surface area contributed by atoms with E-state index in [2.05, 4.69) is 10.7 Å². The maximum Gasteiger partial charge on any atom is 0.437 e. The van der Waals surface area contributed by atoms with Crippen LogP contribution in [-0.2, 0) is 9.53 Å². The number of carbonyl (C=O) groups excluding carboxylic acids is 1. The molecule has 0 aliphatic carbocycles. The molecule has 1 aliphatic rings. The zero-order valence-corrected chi connectivity index (χ0v) is 6.84. The monoisotopic (exact) mass is 202 g/mol. The summed E-state index contributed by atoms with van der Waals surface area (Å²) in [6, 6.07) is 0. The number of ether oxygens (including phenoxy) is 1. The van der Waals surface area contributed by atoms with E-state index >= 15 is 0 Å². The zero-order chi connectivity index (χ0) is 10.6. The Kier molecular flexibility index (Phi) is 2.97. The summed E-state index contributed by atoms with van der Waals surface area (Å²) >= 11 is 0. The Balaban J connectivity index is 2.72. The third-order valence-corrected chi connectivity index (χ3v) is 1.32. The van der Waals surface area contributed by atoms with Gasteiger partial charge in [0.05, 0.1) is 0 Å². The molecule has 0 fully saturated rings. The summed E-state index contributed by atoms with van der Waals surface area (Å²) in [6.45, 7) is 0. The molecular formula is C9H5F3O2. The van der Waals surface area contributed by atoms with Crippen LogP contribution in [0.2, 0.25) is 0 Å². The van der Waals surface area contributed by atoms with E-state index in [4.69, 9.17) is 0 Å². The summed E-state index contributed by atoms with van der Waals surface area (Å²) in [6.07, 6.45) is -2.86. The van der Waals surface area contributed by atoms with Gasteiger partial charge < -0.3 is 4.74 Å². The number of hydrogen-bond acceptors (Lipinski definition) is 2. The van der Waals surface area contributed by atoms with Gasteiger partial charge >= 0.3 is 6.18 Å². The van der Waals surface area contributed by atoms with Crippen LogP contribution >= 0.6 is 0 Å². The molecule has 1 aliphatic heterocycles. The minimum Gasteiger partial charge on any atom is -0.467 e. The topological polar surface area (TPSA) is 26.3 Å². The van der Waals surface area contributed by atoms with Gasteiger partial charge in [-0.2, -0.15) is 13.2 Å². The molecule has 1 unspecified atom stereocenters. The van der Waals surface area contributed by atoms with Crippen LogP contribution in [0.1, 0.15) is 0 Å². The minimum atomic E-state index is -4.51. The first-order valence-corrected chi connectivity index (χ1v) is 3.60. The maximum absolute atomic E-state index is 12.1. The predicted molar refractivity (Wildman–Crippen MR) is 42.0 cm³/mol. The standard InChI is InChI=1S/C9H5F3O2/c10-9(11,12)8-5-1-3-7(14-8)4-2-6-13/h2-4,6,8H/b4-2+. The van der Waals surface area contributed by atoms with Crippen molar-refractivity contribution in [3.05, 3.63) is 24.0 Å². The van der Waals surface area contributed by atoms with Gasteiger partial charge in [0.15, 0.2) is 0 Å². The number of allylic oxidation sites excluding steroid dienone is 3. The highest BCUT2D eigenvalue weighted by Gasteiger charge is 2.41. The van der Waals surface area contributed by atoms with E-state index in [-0.39, 0.29) is 5.76 Å². The van der Waals surface area contributed by atoms with Crippen LogP contribution in [0, 0.1) is 11.8 Å². The molecule has 0 bridgehead atoms. The average molecular weight is 202 g/mol. The van der Waals surface area contributed by atoms with Crippen molar-refractivity contribution in [2.45, 2.75) is 12.3 Å². The highest BCUT2D eigenvalue weighted by Crippen LogP contribution is 2.25. The summed E-state index contributed by atoms with van der Waals surface area (Å²) in [4.78, 5) is 9.90. The summed E-state index contributed by atoms with van der Waals surface area (Å²) in [5.41, 5.74) is 0. The van der Waals surface area contributed by atoms with E-state index in [1.165, 1.54) is 6.08 Å². The first-order chi connectivity index (χ1) is 6.54. The van der Waals surface area contributed by atoms with Crippen LogP contribution in [-0.4, -0.2) is 18.6 Å². The van der Waals surface area contributed by atoms with Gasteiger partial charge in [-0.15, -0.1) is 0 Å². The van der Waals surface area contributed by atoms with Gasteiger partial charge in [-0.1, -0.05) is 5.92 Å². The van der Waals surface area contributed by atoms with E-state index < -0.39 is 12.3 Å². The van der Waals surface area contributed by atoms with E-state index in [0.717, 1.165) is 12.2 Å². The molecule has 74 valence electrons. The van der Waals surface area contributed by atoms with E-state index in [1.807, 2.05) is 5.92 Å². The molecule has 0 amide bonds. The molecule has 14 heavy (non-hydrogen) atoms. The Labute approximate surface area is 78.0 Å². The van der Waals surface area contributed by atoms with Crippen molar-refractivity contribution >= 4 is 6.29 Å². The number of hydrogen-bond donors (Lipinski definition) is 0. The third-order valence-electron chi connectivity index (χ3n) is 1.32. The highest BCUT2D eigenvalue weighted by molar-refractivity contribution is 5.65. The number of rotatable bonds is 2. The van der Waals surface area contributed by atoms with Crippen molar-refractivity contribution in [1.82, 2.24) is 0 Å². The molecule has 0 aromatic rings. The van der Waals surface area contributed by atoms with Crippen molar-refractivity contribution in [2.75, 3.05) is 0 Å². The molecule has 1 rings (SSSR count). The quantitative estimate of drug-likeness (QED) is 0.386. The Morgan fingerprint density at radius 2 is 2.21 bits per heavy atom. The molecule has 0 saturated carbocycles. The van der Waals surface area contributed by atoms with Crippen molar-refractivity contribution < 1.29 is 22.7 Å². The first-order valence-electron chi connectivity index (χ1n) is 3.60. The summed E-state index contributed by atoms with van der Waals surface area (Å²) < 4.78 is 40.7. The molecule has 1 heterocycles. The largest absolute Gasteiger partial charge is 0.467 e. The van der Waals surface area contributed by atoms with E-state index in [1.54, 1.807) is 0 Å². The van der Waals surface area contributed by atoms with Crippen LogP contribution in [0.5, 0.6) is 0 Å². The van der Waals surface area contributed by atoms with E-state index in [9.17, 15) is 18.0 Å². The van der Waals surface area contributed by atoms with Gasteiger partial charge in [-0.05, 0) is 18.1 Å². The summed E-state index contributed by atoms with van der Waals surface area (Å²) in [5, 5.41) is 0. The molecule has 0 spiro atoms. The molecule has 0 aromatic heterocycles. The number of carbonyl (C=O) groups is 1. The number of aldehydes is 1. The molecule has 0 N–H and O–H groups in total. The van der Waals surface area contributed by atoms with Gasteiger partial charge in [-0.3, -0.25) is 4.79 Å². The van der Waals surface area contributed by atoms with Crippen LogP contribution in [0.25, 0.3) is 0 Å². The van der Waals surface area contributed by atoms with Crippen molar-refractivity contribution in [3.8, 4) is 11.8 Å². The fraction of sp³-hybridized carbons (Fsp3) is 0.222. The molecule has 5 heteroatoms. The van der Waals surface area contributed by atoms with Crippen molar-refractivity contribution in [2.24, 2.45) is 0 Å². The van der Waals surface area contributed by atoms with Gasteiger partial charge in [0.2, 0.25) is 0 Å². The summed E-state index contributed by atoms with van der Waals surface area (Å²) in [7, 11) is 0. The van der Waals surface area contributed by atoms with Crippen LogP contribution in [0.4, 0.5) is 13.2 Å². The fourth-order valence-corrected chi connectivity index (χ4v) is 0.758. The van der Waals surface area contributed by atoms with Gasteiger partial charge in [0.25, 0.3) is 6.10 Å². The average Bonchev–Trinajstić information content (AvgIpc) is 2.14. The minimum absolute atomic E-state index is 0.0711. The Morgan fingerprint density at radius 3 is 2.79 bits per heavy atom. The number of halogens is 3. The van der Waals surface area contributed by atoms with Gasteiger partial charge in [0.1, 0.15) is 12.0 Å². The third kappa shape index (κ3) is 2.66. The molecule has 0 saturated heterocycles. The van der Waals surface area contributed by atoms with Crippen LogP contribution in [0.15, 0.2) is 24.0 Å². The lowest BCUT2D eigenvalue weighted by molar-refractivity contribution is -0.189. The maximum atomic E-state index is 12.1. The lowest BCUT2D eigenvalue weighted by Gasteiger charge is -2.18. The Morgan fingerprint density at radius 1 is 1.50 bits per heavy atom. The molecule has 1 atom stereocenters. The van der Waals surface area contributed by atoms with Crippen LogP contribution in [0.3, 0.4) is 0 Å². The van der Waals surface area contributed by atoms with Gasteiger partial charge in [-0.25, -0.2) is 0 Å². The molecule has 0 radical (unpaired) electrons. The first kappa shape index (κ1) is 10.4. The Bertz CT molecular complexity index is 341. The second kappa shape index (κ2) is 4.01.